The molecule has 2 aromatic carbocycles. The fraction of sp³-hybridized carbons (Fsp3) is 0.263. The summed E-state index contributed by atoms with van der Waals surface area (Å²) in [6, 6.07) is 17.2. The monoisotopic (exact) mass is 323 g/mol. The van der Waals surface area contributed by atoms with E-state index in [1.807, 2.05) is 50.2 Å². The summed E-state index contributed by atoms with van der Waals surface area (Å²) in [5, 5.41) is 14.9. The molecule has 0 bridgehead atoms. The van der Waals surface area contributed by atoms with Crippen LogP contribution in [0.4, 0.5) is 5.69 Å². The van der Waals surface area contributed by atoms with Crippen molar-refractivity contribution in [3.05, 3.63) is 59.7 Å². The van der Waals surface area contributed by atoms with Crippen molar-refractivity contribution in [2.24, 2.45) is 0 Å². The smallest absolute Gasteiger partial charge is 0.257 e. The average Bonchev–Trinajstić information content (AvgIpc) is 2.60. The highest BCUT2D eigenvalue weighted by molar-refractivity contribution is 5.77. The van der Waals surface area contributed by atoms with Crippen LogP contribution in [0, 0.1) is 11.3 Å². The van der Waals surface area contributed by atoms with Crippen LogP contribution in [0.25, 0.3) is 0 Å². The number of nitriles is 1. The van der Waals surface area contributed by atoms with Crippen molar-refractivity contribution in [2.75, 3.05) is 18.5 Å². The SMILES string of the molecule is CCNC(=O)COc1cccc(N[C@H](C)c2ccc(C#N)cc2)c1. The molecule has 124 valence electrons. The largest absolute Gasteiger partial charge is 0.484 e. The molecule has 0 aliphatic carbocycles. The number of ether oxygens (including phenoxy) is 1. The molecule has 5 heteroatoms. The minimum absolute atomic E-state index is 0.00245. The van der Waals surface area contributed by atoms with E-state index in [0.29, 0.717) is 17.9 Å². The second-order valence-corrected chi connectivity index (χ2v) is 5.37. The minimum Gasteiger partial charge on any atom is -0.484 e. The molecule has 1 atom stereocenters. The van der Waals surface area contributed by atoms with Crippen molar-refractivity contribution in [1.82, 2.24) is 5.32 Å². The quantitative estimate of drug-likeness (QED) is 0.820. The molecule has 0 spiro atoms. The number of carbonyl (C=O) groups excluding carboxylic acids is 1. The molecule has 0 saturated carbocycles. The van der Waals surface area contributed by atoms with Gasteiger partial charge in [-0.25, -0.2) is 0 Å². The number of rotatable bonds is 7. The van der Waals surface area contributed by atoms with Gasteiger partial charge in [-0.15, -0.1) is 0 Å². The molecule has 1 amide bonds. The lowest BCUT2D eigenvalue weighted by atomic mass is 10.1. The second-order valence-electron chi connectivity index (χ2n) is 5.37. The summed E-state index contributed by atoms with van der Waals surface area (Å²) < 4.78 is 5.49. The van der Waals surface area contributed by atoms with E-state index in [0.717, 1.165) is 11.3 Å². The molecule has 0 heterocycles. The first-order valence-corrected chi connectivity index (χ1v) is 7.88. The van der Waals surface area contributed by atoms with Crippen LogP contribution in [0.3, 0.4) is 0 Å². The van der Waals surface area contributed by atoms with Crippen molar-refractivity contribution in [1.29, 1.82) is 5.26 Å². The highest BCUT2D eigenvalue weighted by Gasteiger charge is 2.07. The molecular formula is C19H21N3O2. The predicted molar refractivity (Wildman–Crippen MR) is 93.8 cm³/mol. The maximum absolute atomic E-state index is 11.4. The number of hydrogen-bond acceptors (Lipinski definition) is 4. The van der Waals surface area contributed by atoms with Crippen LogP contribution in [0.5, 0.6) is 5.75 Å². The molecule has 0 unspecified atom stereocenters. The standard InChI is InChI=1S/C19H21N3O2/c1-3-21-19(23)13-24-18-6-4-5-17(11-18)22-14(2)16-9-7-15(12-20)8-10-16/h4-11,14,22H,3,13H2,1-2H3,(H,21,23)/t14-/m1/s1. The van der Waals surface area contributed by atoms with Crippen molar-refractivity contribution in [3.8, 4) is 11.8 Å². The van der Waals surface area contributed by atoms with E-state index in [4.69, 9.17) is 10.00 Å². The summed E-state index contributed by atoms with van der Waals surface area (Å²) in [7, 11) is 0. The number of hydrogen-bond donors (Lipinski definition) is 2. The topological polar surface area (TPSA) is 74.2 Å². The van der Waals surface area contributed by atoms with E-state index in [1.165, 1.54) is 0 Å². The summed E-state index contributed by atoms with van der Waals surface area (Å²) in [5.74, 6) is 0.500. The Hall–Kier alpha value is -3.00. The molecule has 0 aliphatic rings. The molecule has 0 aliphatic heterocycles. The third-order valence-corrected chi connectivity index (χ3v) is 3.50. The molecule has 24 heavy (non-hydrogen) atoms. The number of likely N-dealkylation sites (N-methyl/N-ethyl adjacent to an activating group) is 1. The van der Waals surface area contributed by atoms with Gasteiger partial charge in [-0.1, -0.05) is 18.2 Å². The van der Waals surface area contributed by atoms with Gasteiger partial charge >= 0.3 is 0 Å². The van der Waals surface area contributed by atoms with Crippen LogP contribution < -0.4 is 15.4 Å². The average molecular weight is 323 g/mol. The molecule has 2 rings (SSSR count). The number of benzene rings is 2. The van der Waals surface area contributed by atoms with Gasteiger partial charge in [0.05, 0.1) is 11.6 Å². The Kier molecular flexibility index (Phi) is 6.21. The minimum atomic E-state index is -0.137. The Morgan fingerprint density at radius 1 is 1.25 bits per heavy atom. The van der Waals surface area contributed by atoms with E-state index >= 15 is 0 Å². The van der Waals surface area contributed by atoms with Crippen LogP contribution in [-0.2, 0) is 4.79 Å². The number of nitrogens with zero attached hydrogens (tertiary/aromatic N) is 1. The first kappa shape index (κ1) is 17.4. The first-order valence-electron chi connectivity index (χ1n) is 7.88. The molecular weight excluding hydrogens is 302 g/mol. The van der Waals surface area contributed by atoms with E-state index in [9.17, 15) is 4.79 Å². The maximum atomic E-state index is 11.4. The van der Waals surface area contributed by atoms with Crippen molar-refractivity contribution in [2.45, 2.75) is 19.9 Å². The van der Waals surface area contributed by atoms with Gasteiger partial charge in [0.25, 0.3) is 5.91 Å². The molecule has 2 N–H and O–H groups in total. The lowest BCUT2D eigenvalue weighted by Crippen LogP contribution is -2.28. The third kappa shape index (κ3) is 5.03. The van der Waals surface area contributed by atoms with Crippen molar-refractivity contribution in [3.63, 3.8) is 0 Å². The highest BCUT2D eigenvalue weighted by Crippen LogP contribution is 2.23. The third-order valence-electron chi connectivity index (χ3n) is 3.50. The zero-order valence-corrected chi connectivity index (χ0v) is 13.9. The van der Waals surface area contributed by atoms with Gasteiger partial charge in [0.1, 0.15) is 5.75 Å². The van der Waals surface area contributed by atoms with E-state index in [-0.39, 0.29) is 18.6 Å². The Labute approximate surface area is 142 Å². The van der Waals surface area contributed by atoms with E-state index < -0.39 is 0 Å². The van der Waals surface area contributed by atoms with Gasteiger partial charge < -0.3 is 15.4 Å². The summed E-state index contributed by atoms with van der Waals surface area (Å²) >= 11 is 0. The normalized spacial score (nSPS) is 11.2. The Morgan fingerprint density at radius 3 is 2.67 bits per heavy atom. The first-order chi connectivity index (χ1) is 11.6. The Balaban J connectivity index is 1.97. The summed E-state index contributed by atoms with van der Waals surface area (Å²) in [5.41, 5.74) is 2.63. The number of nitrogens with one attached hydrogen (secondary N) is 2. The predicted octanol–water partition coefficient (Wildman–Crippen LogP) is 3.25. The summed E-state index contributed by atoms with van der Waals surface area (Å²) in [4.78, 5) is 11.4. The van der Waals surface area contributed by atoms with Crippen LogP contribution >= 0.6 is 0 Å². The number of carbonyl (C=O) groups is 1. The van der Waals surface area contributed by atoms with Crippen molar-refractivity contribution < 1.29 is 9.53 Å². The van der Waals surface area contributed by atoms with Crippen LogP contribution in [0.15, 0.2) is 48.5 Å². The Morgan fingerprint density at radius 2 is 2.00 bits per heavy atom. The summed E-state index contributed by atoms with van der Waals surface area (Å²) in [6.45, 7) is 4.50. The van der Waals surface area contributed by atoms with Crippen LogP contribution in [0.2, 0.25) is 0 Å². The van der Waals surface area contributed by atoms with Crippen LogP contribution in [-0.4, -0.2) is 19.1 Å². The molecule has 2 aromatic rings. The van der Waals surface area contributed by atoms with E-state index in [1.54, 1.807) is 12.1 Å². The van der Waals surface area contributed by atoms with Gasteiger partial charge in [-0.2, -0.15) is 5.26 Å². The molecule has 0 saturated heterocycles. The zero-order valence-electron chi connectivity index (χ0n) is 13.9. The molecule has 0 fully saturated rings. The van der Waals surface area contributed by atoms with Crippen molar-refractivity contribution >= 4 is 11.6 Å². The van der Waals surface area contributed by atoms with Gasteiger partial charge in [0, 0.05) is 24.3 Å². The fourth-order valence-corrected chi connectivity index (χ4v) is 2.25. The van der Waals surface area contributed by atoms with Gasteiger partial charge in [-0.3, -0.25) is 4.79 Å². The highest BCUT2D eigenvalue weighted by atomic mass is 16.5. The lowest BCUT2D eigenvalue weighted by Gasteiger charge is -2.16. The molecule has 5 nitrogen and oxygen atoms in total. The van der Waals surface area contributed by atoms with E-state index in [2.05, 4.69) is 16.7 Å². The molecule has 0 radical (unpaired) electrons. The fourth-order valence-electron chi connectivity index (χ4n) is 2.25. The van der Waals surface area contributed by atoms with Crippen LogP contribution in [0.1, 0.15) is 31.0 Å². The van der Waals surface area contributed by atoms with Gasteiger partial charge in [-0.05, 0) is 43.7 Å². The number of anilines is 1. The number of amides is 1. The second kappa shape index (κ2) is 8.59. The zero-order chi connectivity index (χ0) is 17.4. The van der Waals surface area contributed by atoms with Gasteiger partial charge in [0.2, 0.25) is 0 Å². The summed E-state index contributed by atoms with van der Waals surface area (Å²) in [6.07, 6.45) is 0. The maximum Gasteiger partial charge on any atom is 0.257 e. The molecule has 0 aromatic heterocycles. The van der Waals surface area contributed by atoms with Gasteiger partial charge in [0.15, 0.2) is 6.61 Å². The lowest BCUT2D eigenvalue weighted by molar-refractivity contribution is -0.122. The Bertz CT molecular complexity index is 720.